The van der Waals surface area contributed by atoms with Crippen molar-refractivity contribution in [2.75, 3.05) is 7.11 Å². The first kappa shape index (κ1) is 11.6. The first-order valence-electron chi connectivity index (χ1n) is 5.94. The summed E-state index contributed by atoms with van der Waals surface area (Å²) in [6.07, 6.45) is 3.61. The highest BCUT2D eigenvalue weighted by molar-refractivity contribution is 6.00. The minimum absolute atomic E-state index is 0.0153. The Morgan fingerprint density at radius 3 is 2.62 bits per heavy atom. The number of hydrogen-bond acceptors (Lipinski definition) is 4. The molecule has 4 nitrogen and oxygen atoms in total. The van der Waals surface area contributed by atoms with Crippen LogP contribution >= 0.6 is 0 Å². The van der Waals surface area contributed by atoms with Crippen LogP contribution in [0.5, 0.6) is 0 Å². The van der Waals surface area contributed by atoms with Crippen molar-refractivity contribution in [3.63, 3.8) is 0 Å². The predicted octanol–water partition coefficient (Wildman–Crippen LogP) is 1.32. The molecular weight excluding hydrogens is 208 g/mol. The van der Waals surface area contributed by atoms with Crippen molar-refractivity contribution in [1.82, 2.24) is 0 Å². The number of esters is 1. The second-order valence-corrected chi connectivity index (χ2v) is 4.60. The Morgan fingerprint density at radius 1 is 1.44 bits per heavy atom. The van der Waals surface area contributed by atoms with Gasteiger partial charge in [-0.25, -0.2) is 0 Å². The zero-order valence-corrected chi connectivity index (χ0v) is 9.77. The highest BCUT2D eigenvalue weighted by atomic mass is 16.5. The van der Waals surface area contributed by atoms with Gasteiger partial charge in [0.2, 0.25) is 0 Å². The monoisotopic (exact) mass is 226 g/mol. The lowest BCUT2D eigenvalue weighted by atomic mass is 9.81. The van der Waals surface area contributed by atoms with E-state index >= 15 is 0 Å². The smallest absolute Gasteiger partial charge is 0.316 e. The van der Waals surface area contributed by atoms with E-state index < -0.39 is 11.9 Å². The largest absolute Gasteiger partial charge is 0.468 e. The molecule has 16 heavy (non-hydrogen) atoms. The maximum Gasteiger partial charge on any atom is 0.316 e. The van der Waals surface area contributed by atoms with Gasteiger partial charge in [0.05, 0.1) is 19.3 Å². The Labute approximate surface area is 95.3 Å². The van der Waals surface area contributed by atoms with Gasteiger partial charge in [-0.05, 0) is 25.7 Å². The highest BCUT2D eigenvalue weighted by Crippen LogP contribution is 2.40. The Hall–Kier alpha value is -0.900. The summed E-state index contributed by atoms with van der Waals surface area (Å²) in [6, 6.07) is 0. The van der Waals surface area contributed by atoms with Gasteiger partial charge in [0.25, 0.3) is 0 Å². The van der Waals surface area contributed by atoms with Gasteiger partial charge in [-0.15, -0.1) is 0 Å². The standard InChI is InChI=1S/C12H18O4/c1-3-8(12(14)15-2)11(13)9-6-7-4-5-10(9)16-7/h7-10H,3-6H2,1-2H3. The Balaban J connectivity index is 2.03. The highest BCUT2D eigenvalue weighted by Gasteiger charge is 2.46. The Morgan fingerprint density at radius 2 is 2.19 bits per heavy atom. The molecule has 0 N–H and O–H groups in total. The summed E-state index contributed by atoms with van der Waals surface area (Å²) < 4.78 is 10.3. The predicted molar refractivity (Wildman–Crippen MR) is 56.8 cm³/mol. The van der Waals surface area contributed by atoms with Gasteiger partial charge in [-0.1, -0.05) is 6.92 Å². The average Bonchev–Trinajstić information content (AvgIpc) is 2.91. The van der Waals surface area contributed by atoms with Gasteiger partial charge < -0.3 is 9.47 Å². The van der Waals surface area contributed by atoms with Crippen LogP contribution in [0.4, 0.5) is 0 Å². The lowest BCUT2D eigenvalue weighted by Crippen LogP contribution is -2.35. The Bertz CT molecular complexity index is 299. The van der Waals surface area contributed by atoms with Crippen LogP contribution in [0.1, 0.15) is 32.6 Å². The summed E-state index contributed by atoms with van der Waals surface area (Å²) in [5, 5.41) is 0. The number of ketones is 1. The molecule has 2 rings (SSSR count). The zero-order valence-electron chi connectivity index (χ0n) is 9.77. The second kappa shape index (κ2) is 4.53. The third-order valence-corrected chi connectivity index (χ3v) is 3.71. The van der Waals surface area contributed by atoms with Crippen molar-refractivity contribution in [1.29, 1.82) is 0 Å². The SMILES string of the molecule is CCC(C(=O)OC)C(=O)C1CC2CCC1O2. The van der Waals surface area contributed by atoms with Crippen LogP contribution < -0.4 is 0 Å². The van der Waals surface area contributed by atoms with E-state index in [0.717, 1.165) is 19.3 Å². The van der Waals surface area contributed by atoms with Gasteiger partial charge >= 0.3 is 5.97 Å². The first-order chi connectivity index (χ1) is 7.67. The van der Waals surface area contributed by atoms with Crippen molar-refractivity contribution in [3.05, 3.63) is 0 Å². The molecular formula is C12H18O4. The van der Waals surface area contributed by atoms with E-state index in [4.69, 9.17) is 4.74 Å². The molecule has 2 heterocycles. The fraction of sp³-hybridized carbons (Fsp3) is 0.833. The molecule has 0 aromatic rings. The zero-order chi connectivity index (χ0) is 11.7. The van der Waals surface area contributed by atoms with E-state index in [2.05, 4.69) is 4.74 Å². The van der Waals surface area contributed by atoms with Crippen LogP contribution in [0.25, 0.3) is 0 Å². The van der Waals surface area contributed by atoms with Crippen LogP contribution in [0, 0.1) is 11.8 Å². The number of fused-ring (bicyclic) bond motifs is 2. The molecule has 0 aromatic heterocycles. The van der Waals surface area contributed by atoms with Gasteiger partial charge in [-0.3, -0.25) is 9.59 Å². The molecule has 0 amide bonds. The summed E-state index contributed by atoms with van der Waals surface area (Å²) in [5.74, 6) is -1.07. The molecule has 0 radical (unpaired) electrons. The number of carbonyl (C=O) groups excluding carboxylic acids is 2. The molecule has 2 aliphatic heterocycles. The number of Topliss-reactive ketones (excluding diaryl/α,β-unsaturated/α-hetero) is 1. The van der Waals surface area contributed by atoms with Crippen LogP contribution in [-0.2, 0) is 19.1 Å². The molecule has 2 aliphatic rings. The normalized spacial score (nSPS) is 33.8. The van der Waals surface area contributed by atoms with Crippen molar-refractivity contribution in [2.45, 2.75) is 44.8 Å². The first-order valence-corrected chi connectivity index (χ1v) is 5.94. The van der Waals surface area contributed by atoms with Crippen molar-refractivity contribution in [2.24, 2.45) is 11.8 Å². The van der Waals surface area contributed by atoms with Crippen LogP contribution in [0.15, 0.2) is 0 Å². The number of methoxy groups -OCH3 is 1. The number of ether oxygens (including phenoxy) is 2. The number of hydrogen-bond donors (Lipinski definition) is 0. The lowest BCUT2D eigenvalue weighted by Gasteiger charge is -2.21. The molecule has 90 valence electrons. The third kappa shape index (κ3) is 1.86. The minimum atomic E-state index is -0.599. The molecule has 0 saturated carbocycles. The van der Waals surface area contributed by atoms with E-state index in [1.54, 1.807) is 0 Å². The summed E-state index contributed by atoms with van der Waals surface area (Å²) in [4.78, 5) is 23.6. The second-order valence-electron chi connectivity index (χ2n) is 4.60. The lowest BCUT2D eigenvalue weighted by molar-refractivity contribution is -0.151. The molecule has 4 unspecified atom stereocenters. The summed E-state index contributed by atoms with van der Waals surface area (Å²) in [5.41, 5.74) is 0. The van der Waals surface area contributed by atoms with Gasteiger partial charge in [0.15, 0.2) is 5.78 Å². The van der Waals surface area contributed by atoms with Crippen molar-refractivity contribution in [3.8, 4) is 0 Å². The van der Waals surface area contributed by atoms with Gasteiger partial charge in [0, 0.05) is 5.92 Å². The molecule has 2 bridgehead atoms. The topological polar surface area (TPSA) is 52.6 Å². The number of rotatable bonds is 4. The fourth-order valence-electron chi connectivity index (χ4n) is 2.82. The molecule has 2 fully saturated rings. The van der Waals surface area contributed by atoms with Gasteiger partial charge in [-0.2, -0.15) is 0 Å². The number of carbonyl (C=O) groups is 2. The maximum atomic E-state index is 12.2. The molecule has 4 atom stereocenters. The van der Waals surface area contributed by atoms with E-state index in [1.165, 1.54) is 7.11 Å². The summed E-state index contributed by atoms with van der Waals surface area (Å²) in [7, 11) is 1.33. The van der Waals surface area contributed by atoms with Crippen LogP contribution in [0.2, 0.25) is 0 Å². The molecule has 0 aromatic carbocycles. The van der Waals surface area contributed by atoms with Crippen LogP contribution in [0.3, 0.4) is 0 Å². The van der Waals surface area contributed by atoms with E-state index in [1.807, 2.05) is 6.92 Å². The maximum absolute atomic E-state index is 12.2. The molecule has 0 spiro atoms. The fourth-order valence-corrected chi connectivity index (χ4v) is 2.82. The Kier molecular flexibility index (Phi) is 3.28. The van der Waals surface area contributed by atoms with E-state index in [-0.39, 0.29) is 23.9 Å². The molecule has 4 heteroatoms. The minimum Gasteiger partial charge on any atom is -0.468 e. The van der Waals surface area contributed by atoms with Gasteiger partial charge in [0.1, 0.15) is 5.92 Å². The van der Waals surface area contributed by atoms with E-state index in [0.29, 0.717) is 6.42 Å². The molecule has 2 saturated heterocycles. The van der Waals surface area contributed by atoms with Crippen molar-refractivity contribution < 1.29 is 19.1 Å². The summed E-state index contributed by atoms with van der Waals surface area (Å²) >= 11 is 0. The quantitative estimate of drug-likeness (QED) is 0.536. The molecule has 0 aliphatic carbocycles. The average molecular weight is 226 g/mol. The summed E-state index contributed by atoms with van der Waals surface area (Å²) in [6.45, 7) is 1.84. The van der Waals surface area contributed by atoms with Crippen molar-refractivity contribution >= 4 is 11.8 Å². The van der Waals surface area contributed by atoms with E-state index in [9.17, 15) is 9.59 Å². The van der Waals surface area contributed by atoms with Crippen LogP contribution in [-0.4, -0.2) is 31.1 Å². The third-order valence-electron chi connectivity index (χ3n) is 3.71.